The molecule has 1 aromatic heterocycles. The van der Waals surface area contributed by atoms with Gasteiger partial charge < -0.3 is 18.6 Å². The standard InChI is InChI=1S/C26H16ClFO6/c1-13-9-15(32-26(30)22-10-14-5-3-8-19(31-2)25(14)34-22)11-20-23(13)24(29)21(33-20)12-16-17(27)6-4-7-18(16)28/h3-12H,1-2H3/b21-12-. The summed E-state index contributed by atoms with van der Waals surface area (Å²) in [5.74, 6) is -0.982. The van der Waals surface area contributed by atoms with Crippen LogP contribution in [-0.4, -0.2) is 18.9 Å². The maximum atomic E-state index is 14.2. The Balaban J connectivity index is 1.44. The molecule has 0 spiro atoms. The monoisotopic (exact) mass is 478 g/mol. The van der Waals surface area contributed by atoms with Gasteiger partial charge in [-0.2, -0.15) is 0 Å². The number of furan rings is 1. The van der Waals surface area contributed by atoms with Crippen LogP contribution in [0, 0.1) is 12.7 Å². The van der Waals surface area contributed by atoms with Crippen molar-refractivity contribution < 1.29 is 32.6 Å². The number of esters is 1. The van der Waals surface area contributed by atoms with Gasteiger partial charge in [-0.25, -0.2) is 9.18 Å². The predicted octanol–water partition coefficient (Wildman–Crippen LogP) is 6.38. The zero-order chi connectivity index (χ0) is 24.0. The summed E-state index contributed by atoms with van der Waals surface area (Å²) in [4.78, 5) is 25.6. The number of hydrogen-bond acceptors (Lipinski definition) is 6. The number of methoxy groups -OCH3 is 1. The summed E-state index contributed by atoms with van der Waals surface area (Å²) in [6.45, 7) is 1.68. The second kappa shape index (κ2) is 8.35. The molecule has 0 saturated carbocycles. The van der Waals surface area contributed by atoms with Gasteiger partial charge in [-0.3, -0.25) is 4.79 Å². The Kier molecular flexibility index (Phi) is 5.34. The summed E-state index contributed by atoms with van der Waals surface area (Å²) in [6, 6.07) is 14.0. The molecular weight excluding hydrogens is 463 g/mol. The molecule has 8 heteroatoms. The van der Waals surface area contributed by atoms with Crippen molar-refractivity contribution in [2.24, 2.45) is 0 Å². The number of para-hydroxylation sites is 1. The number of carbonyl (C=O) groups excluding carboxylic acids is 2. The van der Waals surface area contributed by atoms with Crippen molar-refractivity contribution in [3.05, 3.63) is 93.6 Å². The molecule has 170 valence electrons. The number of benzene rings is 3. The first kappa shape index (κ1) is 21.7. The van der Waals surface area contributed by atoms with Gasteiger partial charge in [-0.05, 0) is 48.9 Å². The van der Waals surface area contributed by atoms with Gasteiger partial charge >= 0.3 is 5.97 Å². The minimum Gasteiger partial charge on any atom is -0.493 e. The van der Waals surface area contributed by atoms with Gasteiger partial charge in [0, 0.05) is 17.0 Å². The van der Waals surface area contributed by atoms with Crippen molar-refractivity contribution in [1.82, 2.24) is 0 Å². The molecule has 0 amide bonds. The van der Waals surface area contributed by atoms with E-state index in [1.807, 2.05) is 0 Å². The summed E-state index contributed by atoms with van der Waals surface area (Å²) in [5.41, 5.74) is 1.30. The largest absolute Gasteiger partial charge is 0.493 e. The first-order chi connectivity index (χ1) is 16.4. The van der Waals surface area contributed by atoms with E-state index in [9.17, 15) is 14.0 Å². The Morgan fingerprint density at radius 1 is 1.12 bits per heavy atom. The summed E-state index contributed by atoms with van der Waals surface area (Å²) in [6.07, 6.45) is 1.26. The fourth-order valence-corrected chi connectivity index (χ4v) is 3.99. The van der Waals surface area contributed by atoms with Crippen LogP contribution in [0.25, 0.3) is 17.0 Å². The molecule has 0 aliphatic carbocycles. The first-order valence-corrected chi connectivity index (χ1v) is 10.5. The zero-order valence-electron chi connectivity index (χ0n) is 18.0. The predicted molar refractivity (Wildman–Crippen MR) is 123 cm³/mol. The number of Topliss-reactive ketones (excluding diaryl/α,β-unsaturated/α-hetero) is 1. The van der Waals surface area contributed by atoms with Crippen LogP contribution in [0.15, 0.2) is 64.8 Å². The van der Waals surface area contributed by atoms with Gasteiger partial charge in [-0.15, -0.1) is 0 Å². The smallest absolute Gasteiger partial charge is 0.379 e. The normalized spacial score (nSPS) is 13.8. The van der Waals surface area contributed by atoms with E-state index >= 15 is 0 Å². The fraction of sp³-hybridized carbons (Fsp3) is 0.0769. The number of ketones is 1. The quantitative estimate of drug-likeness (QED) is 0.192. The molecule has 5 rings (SSSR count). The van der Waals surface area contributed by atoms with Crippen LogP contribution >= 0.6 is 11.6 Å². The highest BCUT2D eigenvalue weighted by atomic mass is 35.5. The molecule has 0 saturated heterocycles. The van der Waals surface area contributed by atoms with Gasteiger partial charge in [0.2, 0.25) is 11.5 Å². The summed E-state index contributed by atoms with van der Waals surface area (Å²) in [5, 5.41) is 0.834. The molecule has 0 N–H and O–H groups in total. The van der Waals surface area contributed by atoms with Crippen LogP contribution in [0.1, 0.15) is 32.0 Å². The number of halogens is 2. The van der Waals surface area contributed by atoms with E-state index in [-0.39, 0.29) is 33.6 Å². The van der Waals surface area contributed by atoms with Crippen LogP contribution in [-0.2, 0) is 0 Å². The second-order valence-electron chi connectivity index (χ2n) is 7.57. The fourth-order valence-electron chi connectivity index (χ4n) is 3.77. The lowest BCUT2D eigenvalue weighted by Gasteiger charge is -2.06. The lowest BCUT2D eigenvalue weighted by atomic mass is 10.0. The van der Waals surface area contributed by atoms with Gasteiger partial charge in [0.05, 0.1) is 17.7 Å². The van der Waals surface area contributed by atoms with Crippen molar-refractivity contribution in [3.8, 4) is 17.2 Å². The van der Waals surface area contributed by atoms with Gasteiger partial charge in [0.15, 0.2) is 17.1 Å². The molecule has 0 radical (unpaired) electrons. The molecule has 1 aliphatic rings. The average molecular weight is 479 g/mol. The number of rotatable bonds is 4. The van der Waals surface area contributed by atoms with E-state index in [4.69, 9.17) is 30.2 Å². The van der Waals surface area contributed by atoms with Crippen LogP contribution < -0.4 is 14.2 Å². The summed E-state index contributed by atoms with van der Waals surface area (Å²) >= 11 is 6.06. The maximum absolute atomic E-state index is 14.2. The Labute approximate surface area is 198 Å². The van der Waals surface area contributed by atoms with Crippen LogP contribution in [0.4, 0.5) is 4.39 Å². The topological polar surface area (TPSA) is 75.0 Å². The van der Waals surface area contributed by atoms with Crippen molar-refractivity contribution in [1.29, 1.82) is 0 Å². The Hall–Kier alpha value is -4.10. The molecule has 3 aromatic carbocycles. The number of fused-ring (bicyclic) bond motifs is 2. The van der Waals surface area contributed by atoms with Crippen molar-refractivity contribution in [2.45, 2.75) is 6.92 Å². The van der Waals surface area contributed by atoms with E-state index in [0.29, 0.717) is 27.8 Å². The molecule has 0 bridgehead atoms. The molecule has 0 atom stereocenters. The maximum Gasteiger partial charge on any atom is 0.379 e. The molecule has 1 aliphatic heterocycles. The highest BCUT2D eigenvalue weighted by Gasteiger charge is 2.31. The number of ether oxygens (including phenoxy) is 3. The molecule has 34 heavy (non-hydrogen) atoms. The van der Waals surface area contributed by atoms with Crippen molar-refractivity contribution >= 4 is 40.4 Å². The van der Waals surface area contributed by atoms with E-state index in [1.165, 1.54) is 37.5 Å². The number of carbonyl (C=O) groups is 2. The Morgan fingerprint density at radius 2 is 1.91 bits per heavy atom. The minimum atomic E-state index is -0.726. The SMILES string of the molecule is COc1cccc2cc(C(=O)Oc3cc(C)c4c(c3)O/C(=C\c3c(F)cccc3Cl)C4=O)oc12. The highest BCUT2D eigenvalue weighted by molar-refractivity contribution is 6.32. The van der Waals surface area contributed by atoms with Crippen LogP contribution in [0.5, 0.6) is 17.2 Å². The third-order valence-corrected chi connectivity index (χ3v) is 5.69. The second-order valence-corrected chi connectivity index (χ2v) is 7.97. The minimum absolute atomic E-state index is 0.00979. The van der Waals surface area contributed by atoms with Gasteiger partial charge in [-0.1, -0.05) is 29.8 Å². The van der Waals surface area contributed by atoms with E-state index in [2.05, 4.69) is 0 Å². The molecule has 4 aromatic rings. The lowest BCUT2D eigenvalue weighted by molar-refractivity contribution is 0.0703. The molecule has 0 unspecified atom stereocenters. The van der Waals surface area contributed by atoms with Gasteiger partial charge in [0.25, 0.3) is 0 Å². The van der Waals surface area contributed by atoms with Crippen molar-refractivity contribution in [3.63, 3.8) is 0 Å². The van der Waals surface area contributed by atoms with Crippen LogP contribution in [0.2, 0.25) is 5.02 Å². The molecule has 6 nitrogen and oxygen atoms in total. The number of hydrogen-bond donors (Lipinski definition) is 0. The summed E-state index contributed by atoms with van der Waals surface area (Å²) < 4.78 is 36.2. The third kappa shape index (κ3) is 3.70. The van der Waals surface area contributed by atoms with E-state index in [0.717, 1.165) is 0 Å². The average Bonchev–Trinajstić information content (AvgIpc) is 3.37. The Bertz CT molecular complexity index is 1500. The lowest BCUT2D eigenvalue weighted by Crippen LogP contribution is -2.07. The Morgan fingerprint density at radius 3 is 2.68 bits per heavy atom. The van der Waals surface area contributed by atoms with Crippen LogP contribution in [0.3, 0.4) is 0 Å². The molecular formula is C26H16ClFO6. The van der Waals surface area contributed by atoms with E-state index in [1.54, 1.807) is 37.3 Å². The highest BCUT2D eigenvalue weighted by Crippen LogP contribution is 2.38. The number of allylic oxidation sites excluding steroid dienone is 1. The molecule has 0 fully saturated rings. The molecule has 2 heterocycles. The first-order valence-electron chi connectivity index (χ1n) is 10.2. The van der Waals surface area contributed by atoms with E-state index < -0.39 is 17.6 Å². The summed E-state index contributed by atoms with van der Waals surface area (Å²) in [7, 11) is 1.51. The zero-order valence-corrected chi connectivity index (χ0v) is 18.7. The third-order valence-electron chi connectivity index (χ3n) is 5.36. The van der Waals surface area contributed by atoms with Gasteiger partial charge in [0.1, 0.15) is 17.3 Å². The van der Waals surface area contributed by atoms with Crippen molar-refractivity contribution in [2.75, 3.05) is 7.11 Å². The number of aryl methyl sites for hydroxylation is 1.